The van der Waals surface area contributed by atoms with Crippen molar-refractivity contribution in [2.24, 2.45) is 0 Å². The van der Waals surface area contributed by atoms with Gasteiger partial charge in [-0.05, 0) is 25.1 Å². The molecule has 8 nitrogen and oxygen atoms in total. The number of benzene rings is 1. The molecule has 0 radical (unpaired) electrons. The predicted molar refractivity (Wildman–Crippen MR) is 112 cm³/mol. The van der Waals surface area contributed by atoms with Gasteiger partial charge in [0.15, 0.2) is 5.82 Å². The van der Waals surface area contributed by atoms with Crippen LogP contribution >= 0.6 is 11.3 Å². The molecule has 0 aliphatic heterocycles. The first kappa shape index (κ1) is 19.0. The number of carbonyl (C=O) groups excluding carboxylic acids is 1. The van der Waals surface area contributed by atoms with Crippen molar-refractivity contribution in [1.29, 1.82) is 0 Å². The van der Waals surface area contributed by atoms with Crippen LogP contribution in [-0.2, 0) is 4.74 Å². The van der Waals surface area contributed by atoms with E-state index >= 15 is 0 Å². The lowest BCUT2D eigenvalue weighted by molar-refractivity contribution is 0.0529. The number of carbonyl (C=O) groups is 1. The average Bonchev–Trinajstić information content (AvgIpc) is 3.37. The third-order valence-corrected chi connectivity index (χ3v) is 5.53. The molecule has 1 aromatic carbocycles. The first-order valence-corrected chi connectivity index (χ1v) is 10.1. The Bertz CT molecular complexity index is 1170. The van der Waals surface area contributed by atoms with Crippen LogP contribution in [0.5, 0.6) is 0 Å². The topological polar surface area (TPSA) is 94.3 Å². The van der Waals surface area contributed by atoms with Crippen molar-refractivity contribution in [3.8, 4) is 10.6 Å². The number of hydrogen-bond donors (Lipinski definition) is 1. The van der Waals surface area contributed by atoms with E-state index in [9.17, 15) is 4.79 Å². The molecule has 1 N–H and O–H groups in total. The second kappa shape index (κ2) is 7.96. The van der Waals surface area contributed by atoms with Gasteiger partial charge < -0.3 is 10.1 Å². The highest BCUT2D eigenvalue weighted by Crippen LogP contribution is 2.30. The van der Waals surface area contributed by atoms with Crippen LogP contribution in [0, 0.1) is 0 Å². The van der Waals surface area contributed by atoms with Gasteiger partial charge in [0.05, 0.1) is 12.2 Å². The molecule has 0 spiro atoms. The number of nitrogens with one attached hydrogen (secondary N) is 1. The summed E-state index contributed by atoms with van der Waals surface area (Å²) in [6, 6.07) is 9.53. The van der Waals surface area contributed by atoms with Crippen molar-refractivity contribution in [3.05, 3.63) is 53.4 Å². The summed E-state index contributed by atoms with van der Waals surface area (Å²) in [7, 11) is 0. The highest BCUT2D eigenvalue weighted by atomic mass is 32.1. The summed E-state index contributed by atoms with van der Waals surface area (Å²) < 4.78 is 6.75. The van der Waals surface area contributed by atoms with Crippen LogP contribution < -0.4 is 5.32 Å². The van der Waals surface area contributed by atoms with Gasteiger partial charge in [-0.2, -0.15) is 5.10 Å². The Balaban J connectivity index is 1.68. The molecule has 4 rings (SSSR count). The highest BCUT2D eigenvalue weighted by molar-refractivity contribution is 7.14. The lowest BCUT2D eigenvalue weighted by Crippen LogP contribution is -2.07. The van der Waals surface area contributed by atoms with Crippen LogP contribution in [0.15, 0.2) is 42.9 Å². The van der Waals surface area contributed by atoms with Crippen molar-refractivity contribution < 1.29 is 9.53 Å². The third-order valence-electron chi connectivity index (χ3n) is 4.26. The molecule has 4 aromatic rings. The normalized spacial score (nSPS) is 11.2. The summed E-state index contributed by atoms with van der Waals surface area (Å²) in [5, 5.41) is 17.9. The smallest absolute Gasteiger partial charge is 0.340 e. The first-order chi connectivity index (χ1) is 14.1. The Hall–Kier alpha value is -3.33. The van der Waals surface area contributed by atoms with Gasteiger partial charge in [-0.1, -0.05) is 37.3 Å². The van der Waals surface area contributed by atoms with Gasteiger partial charge in [-0.3, -0.25) is 0 Å². The molecule has 0 saturated carbocycles. The van der Waals surface area contributed by atoms with Crippen LogP contribution in [-0.4, -0.2) is 37.4 Å². The minimum absolute atomic E-state index is 0.300. The van der Waals surface area contributed by atoms with E-state index in [1.54, 1.807) is 35.0 Å². The van der Waals surface area contributed by atoms with Gasteiger partial charge in [-0.15, -0.1) is 10.2 Å². The molecule has 0 bridgehead atoms. The fourth-order valence-electron chi connectivity index (χ4n) is 2.87. The maximum absolute atomic E-state index is 12.3. The standard InChI is InChI=1S/C20H20N6O2S/c1-4-28-20(27)15-8-9-26-16(15)17(21-11-22-26)23-14-7-5-6-13(10-14)19-25-24-18(29-19)12(2)3/h5-12H,4H2,1-3H3,(H,21,22,23). The second-order valence-electron chi connectivity index (χ2n) is 6.66. The highest BCUT2D eigenvalue weighted by Gasteiger charge is 2.18. The number of fused-ring (bicyclic) bond motifs is 1. The number of rotatable bonds is 6. The minimum Gasteiger partial charge on any atom is -0.462 e. The fraction of sp³-hybridized carbons (Fsp3) is 0.250. The number of ether oxygens (including phenoxy) is 1. The van der Waals surface area contributed by atoms with E-state index in [4.69, 9.17) is 4.74 Å². The molecule has 9 heteroatoms. The van der Waals surface area contributed by atoms with Crippen molar-refractivity contribution in [1.82, 2.24) is 24.8 Å². The van der Waals surface area contributed by atoms with Crippen LogP contribution in [0.25, 0.3) is 16.1 Å². The molecule has 3 heterocycles. The molecule has 0 aliphatic carbocycles. The zero-order valence-electron chi connectivity index (χ0n) is 16.3. The van der Waals surface area contributed by atoms with Gasteiger partial charge in [0, 0.05) is 23.4 Å². The molecule has 0 atom stereocenters. The van der Waals surface area contributed by atoms with Crippen molar-refractivity contribution in [2.75, 3.05) is 11.9 Å². The largest absolute Gasteiger partial charge is 0.462 e. The Morgan fingerprint density at radius 2 is 2.14 bits per heavy atom. The van der Waals surface area contributed by atoms with Gasteiger partial charge in [-0.25, -0.2) is 14.3 Å². The summed E-state index contributed by atoms with van der Waals surface area (Å²) in [6.07, 6.45) is 3.15. The van der Waals surface area contributed by atoms with Crippen molar-refractivity contribution >= 4 is 34.3 Å². The molecule has 0 aliphatic rings. The number of anilines is 2. The van der Waals surface area contributed by atoms with Crippen molar-refractivity contribution in [2.45, 2.75) is 26.7 Å². The Morgan fingerprint density at radius 1 is 1.28 bits per heavy atom. The quantitative estimate of drug-likeness (QED) is 0.476. The van der Waals surface area contributed by atoms with Crippen LogP contribution in [0.4, 0.5) is 11.5 Å². The van der Waals surface area contributed by atoms with E-state index < -0.39 is 5.97 Å². The zero-order valence-corrected chi connectivity index (χ0v) is 17.1. The Kier molecular flexibility index (Phi) is 5.22. The fourth-order valence-corrected chi connectivity index (χ4v) is 3.71. The number of esters is 1. The summed E-state index contributed by atoms with van der Waals surface area (Å²) >= 11 is 1.58. The van der Waals surface area contributed by atoms with E-state index in [1.807, 2.05) is 24.3 Å². The van der Waals surface area contributed by atoms with Crippen LogP contribution in [0.1, 0.15) is 42.1 Å². The monoisotopic (exact) mass is 408 g/mol. The molecule has 0 saturated heterocycles. The molecule has 0 unspecified atom stereocenters. The summed E-state index contributed by atoms with van der Waals surface area (Å²) in [5.41, 5.74) is 2.76. The van der Waals surface area contributed by atoms with E-state index in [1.165, 1.54) is 6.33 Å². The summed E-state index contributed by atoms with van der Waals surface area (Å²) in [6.45, 7) is 6.27. The van der Waals surface area contributed by atoms with Gasteiger partial charge in [0.2, 0.25) is 0 Å². The van der Waals surface area contributed by atoms with E-state index in [0.29, 0.717) is 29.4 Å². The van der Waals surface area contributed by atoms with Crippen molar-refractivity contribution in [3.63, 3.8) is 0 Å². The van der Waals surface area contributed by atoms with E-state index in [2.05, 4.69) is 39.4 Å². The van der Waals surface area contributed by atoms with Gasteiger partial charge in [0.1, 0.15) is 21.9 Å². The predicted octanol–water partition coefficient (Wildman–Crippen LogP) is 4.29. The SMILES string of the molecule is CCOC(=O)c1ccn2ncnc(Nc3cccc(-c4nnc(C(C)C)s4)c3)c12. The van der Waals surface area contributed by atoms with E-state index in [0.717, 1.165) is 21.3 Å². The zero-order chi connectivity index (χ0) is 20.4. The lowest BCUT2D eigenvalue weighted by Gasteiger charge is -2.09. The van der Waals surface area contributed by atoms with E-state index in [-0.39, 0.29) is 0 Å². The molecule has 29 heavy (non-hydrogen) atoms. The lowest BCUT2D eigenvalue weighted by atomic mass is 10.2. The summed E-state index contributed by atoms with van der Waals surface area (Å²) in [5.74, 6) is 0.453. The average molecular weight is 408 g/mol. The Morgan fingerprint density at radius 3 is 2.90 bits per heavy atom. The summed E-state index contributed by atoms with van der Waals surface area (Å²) in [4.78, 5) is 16.6. The number of nitrogens with zero attached hydrogens (tertiary/aromatic N) is 5. The van der Waals surface area contributed by atoms with Gasteiger partial charge >= 0.3 is 5.97 Å². The molecular weight excluding hydrogens is 388 g/mol. The number of hydrogen-bond acceptors (Lipinski definition) is 8. The maximum Gasteiger partial charge on any atom is 0.340 e. The van der Waals surface area contributed by atoms with Crippen LogP contribution in [0.3, 0.4) is 0 Å². The van der Waals surface area contributed by atoms with Crippen LogP contribution in [0.2, 0.25) is 0 Å². The molecule has 0 amide bonds. The molecule has 0 fully saturated rings. The molecule has 148 valence electrons. The second-order valence-corrected chi connectivity index (χ2v) is 7.67. The molecular formula is C20H20N6O2S. The first-order valence-electron chi connectivity index (χ1n) is 9.27. The third kappa shape index (κ3) is 3.81. The number of aromatic nitrogens is 5. The van der Waals surface area contributed by atoms with Gasteiger partial charge in [0.25, 0.3) is 0 Å². The molecule has 3 aromatic heterocycles. The minimum atomic E-state index is -0.406. The Labute approximate surface area is 171 Å². The maximum atomic E-state index is 12.3.